The van der Waals surface area contributed by atoms with Crippen molar-refractivity contribution in [2.75, 3.05) is 39.3 Å². The van der Waals surface area contributed by atoms with Gasteiger partial charge in [0.25, 0.3) is 5.22 Å². The third-order valence-corrected chi connectivity index (χ3v) is 5.50. The van der Waals surface area contributed by atoms with Crippen LogP contribution in [0.5, 0.6) is 5.75 Å². The lowest BCUT2D eigenvalue weighted by molar-refractivity contribution is -0.132. The Morgan fingerprint density at radius 2 is 1.89 bits per heavy atom. The van der Waals surface area contributed by atoms with Gasteiger partial charge in [0.15, 0.2) is 0 Å². The van der Waals surface area contributed by atoms with E-state index in [-0.39, 0.29) is 11.2 Å². The van der Waals surface area contributed by atoms with Gasteiger partial charge in [-0.2, -0.15) is 0 Å². The Balaban J connectivity index is 1.57. The number of hydrogen-bond donors (Lipinski definition) is 0. The molecule has 0 N–H and O–H groups in total. The Bertz CT molecular complexity index is 742. The van der Waals surface area contributed by atoms with Crippen LogP contribution >= 0.6 is 11.8 Å². The molecule has 0 spiro atoms. The van der Waals surface area contributed by atoms with Crippen LogP contribution in [0.3, 0.4) is 0 Å². The van der Waals surface area contributed by atoms with Gasteiger partial charge in [-0.3, -0.25) is 4.79 Å². The lowest BCUT2D eigenvalue weighted by Crippen LogP contribution is -2.50. The lowest BCUT2D eigenvalue weighted by Gasteiger charge is -2.35. The number of nitrogens with zero attached hydrogens (tertiary/aromatic N) is 4. The predicted octanol–water partition coefficient (Wildman–Crippen LogP) is 2.78. The summed E-state index contributed by atoms with van der Waals surface area (Å²) in [6, 6.07) is 7.51. The number of thioether (sulfide) groups is 1. The highest BCUT2D eigenvalue weighted by atomic mass is 32.2. The maximum atomic E-state index is 12.7. The van der Waals surface area contributed by atoms with Gasteiger partial charge in [-0.05, 0) is 44.7 Å². The molecule has 0 saturated carbocycles. The van der Waals surface area contributed by atoms with E-state index < -0.39 is 0 Å². The zero-order valence-corrected chi connectivity index (χ0v) is 16.9. The highest BCUT2D eigenvalue weighted by Gasteiger charge is 2.26. The molecule has 0 aliphatic carbocycles. The molecule has 2 aromatic rings. The molecule has 0 unspecified atom stereocenters. The molecule has 0 bridgehead atoms. The molecule has 0 radical (unpaired) electrons. The van der Waals surface area contributed by atoms with Crippen molar-refractivity contribution in [1.29, 1.82) is 0 Å². The van der Waals surface area contributed by atoms with E-state index in [1.165, 1.54) is 11.8 Å². The maximum Gasteiger partial charge on any atom is 0.277 e. The first-order valence-corrected chi connectivity index (χ1v) is 10.2. The van der Waals surface area contributed by atoms with Crippen LogP contribution in [0.2, 0.25) is 0 Å². The molecular weight excluding hydrogens is 364 g/mol. The summed E-state index contributed by atoms with van der Waals surface area (Å²) < 4.78 is 11.2. The van der Waals surface area contributed by atoms with E-state index in [1.807, 2.05) is 43.0 Å². The Morgan fingerprint density at radius 1 is 1.19 bits per heavy atom. The third kappa shape index (κ3) is 5.01. The summed E-state index contributed by atoms with van der Waals surface area (Å²) in [5, 5.41) is 8.33. The number of hydrogen-bond acceptors (Lipinski definition) is 7. The van der Waals surface area contributed by atoms with Crippen molar-refractivity contribution < 1.29 is 13.9 Å². The summed E-state index contributed by atoms with van der Waals surface area (Å²) in [5.41, 5.74) is 0.826. The first-order valence-electron chi connectivity index (χ1n) is 9.35. The fraction of sp³-hybridized carbons (Fsp3) is 0.526. The number of aromatic nitrogens is 2. The summed E-state index contributed by atoms with van der Waals surface area (Å²) in [6.07, 6.45) is 0. The predicted molar refractivity (Wildman–Crippen MR) is 105 cm³/mol. The van der Waals surface area contributed by atoms with Crippen molar-refractivity contribution in [3.63, 3.8) is 0 Å². The van der Waals surface area contributed by atoms with Crippen LogP contribution < -0.4 is 4.74 Å². The molecule has 1 aliphatic heterocycles. The molecule has 146 valence electrons. The summed E-state index contributed by atoms with van der Waals surface area (Å²) in [6.45, 7) is 11.1. The zero-order chi connectivity index (χ0) is 19.2. The standard InChI is InChI=1S/C19H26N4O3S/c1-4-22-10-12-23(13-11-22)18(24)14(3)27-19-21-20-17(26-19)15-6-8-16(9-7-15)25-5-2/h6-9,14H,4-5,10-13H2,1-3H3/t14-/m1/s1. The second kappa shape index (κ2) is 9.23. The maximum absolute atomic E-state index is 12.7. The monoisotopic (exact) mass is 390 g/mol. The Kier molecular flexibility index (Phi) is 6.73. The number of amides is 1. The van der Waals surface area contributed by atoms with Crippen LogP contribution in [-0.2, 0) is 4.79 Å². The number of rotatable bonds is 7. The SMILES string of the molecule is CCOc1ccc(-c2nnc(S[C@H](C)C(=O)N3CCN(CC)CC3)o2)cc1. The molecule has 1 saturated heterocycles. The number of likely N-dealkylation sites (N-methyl/N-ethyl adjacent to an activating group) is 1. The minimum Gasteiger partial charge on any atom is -0.494 e. The number of piperazine rings is 1. The highest BCUT2D eigenvalue weighted by molar-refractivity contribution is 8.00. The van der Waals surface area contributed by atoms with E-state index in [0.717, 1.165) is 44.0 Å². The largest absolute Gasteiger partial charge is 0.494 e. The molecule has 1 amide bonds. The van der Waals surface area contributed by atoms with Gasteiger partial charge in [0.05, 0.1) is 11.9 Å². The fourth-order valence-electron chi connectivity index (χ4n) is 2.98. The summed E-state index contributed by atoms with van der Waals surface area (Å²) in [7, 11) is 0. The van der Waals surface area contributed by atoms with Gasteiger partial charge in [0.2, 0.25) is 11.8 Å². The van der Waals surface area contributed by atoms with E-state index in [0.29, 0.717) is 17.7 Å². The summed E-state index contributed by atoms with van der Waals surface area (Å²) in [5.74, 6) is 1.37. The third-order valence-electron chi connectivity index (χ3n) is 4.58. The highest BCUT2D eigenvalue weighted by Crippen LogP contribution is 2.28. The molecule has 2 heterocycles. The molecule has 1 aromatic heterocycles. The quantitative estimate of drug-likeness (QED) is 0.673. The molecular formula is C19H26N4O3S. The lowest BCUT2D eigenvalue weighted by atomic mass is 10.2. The van der Waals surface area contributed by atoms with Gasteiger partial charge in [-0.15, -0.1) is 10.2 Å². The summed E-state index contributed by atoms with van der Waals surface area (Å²) >= 11 is 1.31. The second-order valence-corrected chi connectivity index (χ2v) is 7.64. The molecule has 1 atom stereocenters. The van der Waals surface area contributed by atoms with Gasteiger partial charge in [-0.25, -0.2) is 0 Å². The average molecular weight is 391 g/mol. The topological polar surface area (TPSA) is 71.7 Å². The summed E-state index contributed by atoms with van der Waals surface area (Å²) in [4.78, 5) is 16.9. The molecule has 1 aliphatic rings. The van der Waals surface area contributed by atoms with E-state index in [4.69, 9.17) is 9.15 Å². The molecule has 27 heavy (non-hydrogen) atoms. The zero-order valence-electron chi connectivity index (χ0n) is 16.1. The molecule has 8 heteroatoms. The van der Waals surface area contributed by atoms with Crippen molar-refractivity contribution in [2.24, 2.45) is 0 Å². The molecule has 3 rings (SSSR count). The minimum absolute atomic E-state index is 0.122. The van der Waals surface area contributed by atoms with E-state index >= 15 is 0 Å². The number of carbonyl (C=O) groups is 1. The average Bonchev–Trinajstić information content (AvgIpc) is 3.16. The van der Waals surface area contributed by atoms with Gasteiger partial charge in [-0.1, -0.05) is 18.7 Å². The van der Waals surface area contributed by atoms with Crippen molar-refractivity contribution in [3.8, 4) is 17.2 Å². The Morgan fingerprint density at radius 3 is 2.52 bits per heavy atom. The number of carbonyl (C=O) groups excluding carboxylic acids is 1. The molecule has 1 aromatic carbocycles. The fourth-order valence-corrected chi connectivity index (χ4v) is 3.75. The van der Waals surface area contributed by atoms with Gasteiger partial charge in [0.1, 0.15) is 5.75 Å². The van der Waals surface area contributed by atoms with E-state index in [1.54, 1.807) is 0 Å². The van der Waals surface area contributed by atoms with Crippen LogP contribution in [0.4, 0.5) is 0 Å². The van der Waals surface area contributed by atoms with Crippen LogP contribution in [0, 0.1) is 0 Å². The first-order chi connectivity index (χ1) is 13.1. The van der Waals surface area contributed by atoms with Crippen molar-refractivity contribution in [2.45, 2.75) is 31.2 Å². The van der Waals surface area contributed by atoms with Crippen LogP contribution in [0.25, 0.3) is 11.5 Å². The van der Waals surface area contributed by atoms with Crippen LogP contribution in [0.15, 0.2) is 33.9 Å². The van der Waals surface area contributed by atoms with Crippen molar-refractivity contribution in [3.05, 3.63) is 24.3 Å². The molecule has 1 fully saturated rings. The van der Waals surface area contributed by atoms with Crippen molar-refractivity contribution in [1.82, 2.24) is 20.0 Å². The normalized spacial score (nSPS) is 16.3. The van der Waals surface area contributed by atoms with Gasteiger partial charge >= 0.3 is 0 Å². The van der Waals surface area contributed by atoms with Crippen LogP contribution in [0.1, 0.15) is 20.8 Å². The van der Waals surface area contributed by atoms with Crippen LogP contribution in [-0.4, -0.2) is 70.5 Å². The Hall–Kier alpha value is -2.06. The minimum atomic E-state index is -0.258. The second-order valence-electron chi connectivity index (χ2n) is 6.35. The van der Waals surface area contributed by atoms with Gasteiger partial charge in [0, 0.05) is 31.7 Å². The first kappa shape index (κ1) is 19.7. The van der Waals surface area contributed by atoms with E-state index in [9.17, 15) is 4.79 Å². The Labute approximate surface area is 164 Å². The molecule has 7 nitrogen and oxygen atoms in total. The van der Waals surface area contributed by atoms with Crippen molar-refractivity contribution >= 4 is 17.7 Å². The van der Waals surface area contributed by atoms with E-state index in [2.05, 4.69) is 22.0 Å². The number of ether oxygens (including phenoxy) is 1. The smallest absolute Gasteiger partial charge is 0.277 e. The number of benzene rings is 1. The van der Waals surface area contributed by atoms with Gasteiger partial charge < -0.3 is 19.0 Å².